The lowest BCUT2D eigenvalue weighted by Gasteiger charge is -2.50. The normalized spacial score (nSPS) is 32.5. The third-order valence-corrected chi connectivity index (χ3v) is 10.8. The summed E-state index contributed by atoms with van der Waals surface area (Å²) in [6.07, 6.45) is 5.38. The highest BCUT2D eigenvalue weighted by Gasteiger charge is 2.64. The fraction of sp³-hybridized carbons (Fsp3) is 0.606. The molecule has 0 amide bonds. The zero-order chi connectivity index (χ0) is 31.1. The van der Waals surface area contributed by atoms with Gasteiger partial charge in [-0.25, -0.2) is 0 Å². The number of benzene rings is 1. The van der Waals surface area contributed by atoms with E-state index in [4.69, 9.17) is 0 Å². The first-order chi connectivity index (χ1) is 20.3. The van der Waals surface area contributed by atoms with Crippen molar-refractivity contribution >= 4 is 28.8 Å². The van der Waals surface area contributed by atoms with Crippen LogP contribution in [0.2, 0.25) is 0 Å². The lowest BCUT2D eigenvalue weighted by Crippen LogP contribution is -2.65. The monoisotopic (exact) mass is 593 g/mol. The minimum absolute atomic E-state index is 0.0862. The van der Waals surface area contributed by atoms with Gasteiger partial charge in [0, 0.05) is 56.5 Å². The number of rotatable bonds is 5. The Morgan fingerprint density at radius 3 is 2.23 bits per heavy atom. The van der Waals surface area contributed by atoms with Crippen LogP contribution in [0.3, 0.4) is 0 Å². The number of nitrogens with zero attached hydrogens (tertiary/aromatic N) is 3. The number of phenolic OH excluding ortho intramolecular Hbond substituents is 1. The molecular weight excluding hydrogens is 550 g/mol. The predicted molar refractivity (Wildman–Crippen MR) is 161 cm³/mol. The number of aliphatic hydroxyl groups excluding tert-OH is 2. The summed E-state index contributed by atoms with van der Waals surface area (Å²) in [6.45, 7) is 3.56. The Hall–Kier alpha value is -3.21. The minimum atomic E-state index is -2.56. The number of aromatic hydroxyl groups is 1. The van der Waals surface area contributed by atoms with E-state index in [2.05, 4.69) is 4.90 Å². The van der Waals surface area contributed by atoms with Crippen LogP contribution in [0.4, 0.5) is 5.69 Å². The molecule has 6 atom stereocenters. The van der Waals surface area contributed by atoms with Gasteiger partial charge in [0.05, 0.1) is 11.6 Å². The molecule has 0 radical (unpaired) electrons. The Morgan fingerprint density at radius 1 is 1.05 bits per heavy atom. The van der Waals surface area contributed by atoms with Crippen molar-refractivity contribution in [2.24, 2.45) is 23.7 Å². The van der Waals surface area contributed by atoms with Gasteiger partial charge in [-0.15, -0.1) is 0 Å². The highest BCUT2D eigenvalue weighted by molar-refractivity contribution is 6.25. The maximum absolute atomic E-state index is 14.2. The molecule has 232 valence electrons. The first kappa shape index (κ1) is 29.8. The van der Waals surface area contributed by atoms with Gasteiger partial charge in [0.2, 0.25) is 5.78 Å². The second-order valence-corrected chi connectivity index (χ2v) is 13.8. The highest BCUT2D eigenvalue weighted by Crippen LogP contribution is 2.54. The van der Waals surface area contributed by atoms with Gasteiger partial charge in [-0.2, -0.15) is 0 Å². The largest absolute Gasteiger partial charge is 0.508 e. The van der Waals surface area contributed by atoms with Gasteiger partial charge in [0.1, 0.15) is 22.8 Å². The molecule has 1 aliphatic heterocycles. The topological polar surface area (TPSA) is 142 Å². The van der Waals surface area contributed by atoms with Crippen LogP contribution in [0.25, 0.3) is 5.76 Å². The van der Waals surface area contributed by atoms with Crippen LogP contribution in [0.1, 0.15) is 55.7 Å². The van der Waals surface area contributed by atoms with E-state index < -0.39 is 57.9 Å². The third kappa shape index (κ3) is 4.36. The summed E-state index contributed by atoms with van der Waals surface area (Å²) in [5.74, 6) is -4.06. The molecule has 2 unspecified atom stereocenters. The van der Waals surface area contributed by atoms with E-state index in [0.717, 1.165) is 25.7 Å². The summed E-state index contributed by atoms with van der Waals surface area (Å²) in [6, 6.07) is 0.942. The van der Waals surface area contributed by atoms with Crippen molar-refractivity contribution in [3.63, 3.8) is 0 Å². The molecular formula is C33H43N3O7. The molecule has 43 heavy (non-hydrogen) atoms. The fourth-order valence-electron chi connectivity index (χ4n) is 8.84. The maximum atomic E-state index is 14.2. The van der Waals surface area contributed by atoms with Gasteiger partial charge in [0.25, 0.3) is 0 Å². The number of likely N-dealkylation sites (N-methyl/N-ethyl adjacent to an activating group) is 1. The van der Waals surface area contributed by atoms with Crippen molar-refractivity contribution in [3.05, 3.63) is 39.7 Å². The number of hydrogen-bond acceptors (Lipinski definition) is 10. The van der Waals surface area contributed by atoms with E-state index in [1.807, 2.05) is 25.1 Å². The van der Waals surface area contributed by atoms with Gasteiger partial charge in [-0.3, -0.25) is 24.2 Å². The van der Waals surface area contributed by atoms with E-state index in [0.29, 0.717) is 35.9 Å². The first-order valence-electron chi connectivity index (χ1n) is 15.4. The quantitative estimate of drug-likeness (QED) is 0.377. The molecule has 3 fully saturated rings. The van der Waals surface area contributed by atoms with Crippen molar-refractivity contribution in [1.29, 1.82) is 0 Å². The summed E-state index contributed by atoms with van der Waals surface area (Å²) in [5, 5.41) is 46.5. The number of aliphatic hydroxyl groups is 3. The zero-order valence-electron chi connectivity index (χ0n) is 25.7. The number of hydrogen-bond donors (Lipinski definition) is 4. The molecule has 10 heteroatoms. The van der Waals surface area contributed by atoms with Crippen molar-refractivity contribution in [2.45, 2.75) is 63.6 Å². The van der Waals surface area contributed by atoms with Crippen LogP contribution in [0, 0.1) is 23.7 Å². The van der Waals surface area contributed by atoms with Crippen LogP contribution in [-0.4, -0.2) is 100 Å². The molecule has 1 aromatic carbocycles. The van der Waals surface area contributed by atoms with Crippen LogP contribution in [0.15, 0.2) is 23.0 Å². The van der Waals surface area contributed by atoms with E-state index in [-0.39, 0.29) is 23.3 Å². The van der Waals surface area contributed by atoms with Gasteiger partial charge < -0.3 is 25.3 Å². The molecule has 4 aliphatic carbocycles. The SMILES string of the molecule is CC(=O)C1=C(O)[C@@]2(O)C(=O)C3=C(O)c4c(O)c(CN5CC6CCCCC6C5)cc(N(C)C)c4C[C@H]3C[C@H]2[C@H](N(C)C)C1=O. The van der Waals surface area contributed by atoms with Gasteiger partial charge in [-0.1, -0.05) is 12.8 Å². The average Bonchev–Trinajstić information content (AvgIpc) is 3.34. The van der Waals surface area contributed by atoms with Gasteiger partial charge in [-0.05, 0) is 76.1 Å². The summed E-state index contributed by atoms with van der Waals surface area (Å²) >= 11 is 0. The molecule has 0 aromatic heterocycles. The molecule has 4 N–H and O–H groups in total. The lowest BCUT2D eigenvalue weighted by atomic mass is 9.57. The standard InChI is InChI=1S/C33H43N3O7/c1-16(37)24-30(40)27(35(4)5)22-11-19-10-21-23(34(2)3)12-20(15-36-13-17-8-6-7-9-18(17)14-36)28(38)26(21)29(39)25(19)32(42)33(22,43)31(24)41/h12,17-19,22,27,38-39,41,43H,6-11,13-15H2,1-5H3/t17?,18?,19-,22-,27-,33+/m0/s1. The maximum Gasteiger partial charge on any atom is 0.202 e. The highest BCUT2D eigenvalue weighted by atomic mass is 16.3. The fourth-order valence-corrected chi connectivity index (χ4v) is 8.84. The van der Waals surface area contributed by atoms with E-state index in [1.165, 1.54) is 25.7 Å². The smallest absolute Gasteiger partial charge is 0.202 e. The summed E-state index contributed by atoms with van der Waals surface area (Å²) in [4.78, 5) is 45.9. The van der Waals surface area contributed by atoms with E-state index in [9.17, 15) is 34.8 Å². The van der Waals surface area contributed by atoms with Crippen molar-refractivity contribution < 1.29 is 34.8 Å². The van der Waals surface area contributed by atoms with Crippen LogP contribution >= 0.6 is 0 Å². The molecule has 0 bridgehead atoms. The Morgan fingerprint density at radius 2 is 1.67 bits per heavy atom. The first-order valence-corrected chi connectivity index (χ1v) is 15.4. The number of anilines is 1. The Kier molecular flexibility index (Phi) is 7.26. The number of carbonyl (C=O) groups is 3. The molecule has 5 aliphatic rings. The van der Waals surface area contributed by atoms with Crippen molar-refractivity contribution in [1.82, 2.24) is 9.80 Å². The van der Waals surface area contributed by atoms with Crippen LogP contribution in [0.5, 0.6) is 5.75 Å². The van der Waals surface area contributed by atoms with E-state index >= 15 is 0 Å². The Bertz CT molecular complexity index is 1460. The Balaban J connectivity index is 1.46. The van der Waals surface area contributed by atoms with Crippen molar-refractivity contribution in [2.75, 3.05) is 46.2 Å². The molecule has 1 heterocycles. The third-order valence-electron chi connectivity index (χ3n) is 10.8. The second-order valence-electron chi connectivity index (χ2n) is 13.8. The number of likely N-dealkylation sites (tertiary alicyclic amines) is 1. The number of carbonyl (C=O) groups excluding carboxylic acids is 3. The molecule has 6 rings (SSSR count). The number of ketones is 3. The summed E-state index contributed by atoms with van der Waals surface area (Å²) in [5.41, 5.74) is -0.897. The molecule has 0 spiro atoms. The zero-order valence-corrected chi connectivity index (χ0v) is 25.7. The second kappa shape index (κ2) is 10.5. The predicted octanol–water partition coefficient (Wildman–Crippen LogP) is 2.76. The van der Waals surface area contributed by atoms with Crippen molar-refractivity contribution in [3.8, 4) is 5.75 Å². The van der Waals surface area contributed by atoms with Gasteiger partial charge >= 0.3 is 0 Å². The van der Waals surface area contributed by atoms with Gasteiger partial charge in [0.15, 0.2) is 17.2 Å². The Labute approximate surface area is 252 Å². The minimum Gasteiger partial charge on any atom is -0.508 e. The van der Waals surface area contributed by atoms with E-state index in [1.54, 1.807) is 19.0 Å². The number of Topliss-reactive ketones (excluding diaryl/α,β-unsaturated/α-hetero) is 3. The molecule has 1 aromatic rings. The number of fused-ring (bicyclic) bond motifs is 4. The lowest BCUT2D eigenvalue weighted by molar-refractivity contribution is -0.153. The molecule has 10 nitrogen and oxygen atoms in total. The van der Waals surface area contributed by atoms with Crippen LogP contribution in [-0.2, 0) is 27.3 Å². The average molecular weight is 594 g/mol. The van der Waals surface area contributed by atoms with Crippen LogP contribution < -0.4 is 4.90 Å². The summed E-state index contributed by atoms with van der Waals surface area (Å²) < 4.78 is 0. The molecule has 2 saturated carbocycles. The number of phenols is 1. The summed E-state index contributed by atoms with van der Waals surface area (Å²) in [7, 11) is 7.06. The molecule has 1 saturated heterocycles.